The van der Waals surface area contributed by atoms with E-state index in [4.69, 9.17) is 27.9 Å². The summed E-state index contributed by atoms with van der Waals surface area (Å²) in [6, 6.07) is 4.31. The van der Waals surface area contributed by atoms with Crippen molar-refractivity contribution in [2.24, 2.45) is 5.92 Å². The van der Waals surface area contributed by atoms with Crippen molar-refractivity contribution in [3.8, 4) is 0 Å². The van der Waals surface area contributed by atoms with Gasteiger partial charge in [0.05, 0.1) is 21.5 Å². The van der Waals surface area contributed by atoms with Crippen LogP contribution in [0.15, 0.2) is 18.2 Å². The molecule has 148 valence electrons. The minimum absolute atomic E-state index is 0.00281. The molecule has 1 saturated carbocycles. The molecular weight excluding hydrogens is 405 g/mol. The van der Waals surface area contributed by atoms with Crippen LogP contribution in [0.25, 0.3) is 0 Å². The van der Waals surface area contributed by atoms with Gasteiger partial charge in [-0.2, -0.15) is 0 Å². The first-order valence-corrected chi connectivity index (χ1v) is 11.3. The van der Waals surface area contributed by atoms with E-state index in [0.29, 0.717) is 27.3 Å². The summed E-state index contributed by atoms with van der Waals surface area (Å²) in [6.07, 6.45) is 5.57. The van der Waals surface area contributed by atoms with Gasteiger partial charge in [-0.15, -0.1) is 11.8 Å². The van der Waals surface area contributed by atoms with Crippen LogP contribution in [0.3, 0.4) is 0 Å². The second kappa shape index (κ2) is 9.06. The maximum absolute atomic E-state index is 13.4. The molecule has 7 heteroatoms. The van der Waals surface area contributed by atoms with E-state index in [2.05, 4.69) is 0 Å². The SMILES string of the molecule is CC(C)OC(=O)C1CSC(C2CCCCC2)N1C(=O)c1ccc(Cl)c(Cl)c1. The average Bonchev–Trinajstić information content (AvgIpc) is 3.08. The maximum atomic E-state index is 13.4. The first-order valence-electron chi connectivity index (χ1n) is 9.48. The summed E-state index contributed by atoms with van der Waals surface area (Å²) < 4.78 is 5.44. The zero-order valence-electron chi connectivity index (χ0n) is 15.6. The molecule has 1 saturated heterocycles. The Morgan fingerprint density at radius 3 is 2.48 bits per heavy atom. The monoisotopic (exact) mass is 429 g/mol. The summed E-state index contributed by atoms with van der Waals surface area (Å²) in [5, 5.41) is 0.741. The van der Waals surface area contributed by atoms with E-state index in [0.717, 1.165) is 12.8 Å². The lowest BCUT2D eigenvalue weighted by atomic mass is 9.88. The molecule has 0 N–H and O–H groups in total. The third-order valence-electron chi connectivity index (χ3n) is 5.11. The van der Waals surface area contributed by atoms with Crippen LogP contribution in [0.4, 0.5) is 0 Å². The largest absolute Gasteiger partial charge is 0.461 e. The van der Waals surface area contributed by atoms with E-state index < -0.39 is 6.04 Å². The molecule has 1 heterocycles. The first-order chi connectivity index (χ1) is 12.9. The molecule has 2 atom stereocenters. The highest BCUT2D eigenvalue weighted by Gasteiger charge is 2.46. The molecule has 3 rings (SSSR count). The quantitative estimate of drug-likeness (QED) is 0.600. The molecule has 2 aliphatic rings. The van der Waals surface area contributed by atoms with E-state index in [-0.39, 0.29) is 23.4 Å². The smallest absolute Gasteiger partial charge is 0.330 e. The van der Waals surface area contributed by atoms with E-state index in [1.807, 2.05) is 13.8 Å². The number of halogens is 2. The third-order valence-corrected chi connectivity index (χ3v) is 7.31. The maximum Gasteiger partial charge on any atom is 0.330 e. The minimum atomic E-state index is -0.564. The second-order valence-corrected chi connectivity index (χ2v) is 9.43. The van der Waals surface area contributed by atoms with Crippen LogP contribution in [-0.4, -0.2) is 40.0 Å². The van der Waals surface area contributed by atoms with E-state index in [9.17, 15) is 9.59 Å². The number of hydrogen-bond acceptors (Lipinski definition) is 4. The molecule has 2 fully saturated rings. The molecule has 4 nitrogen and oxygen atoms in total. The molecule has 0 spiro atoms. The topological polar surface area (TPSA) is 46.6 Å². The summed E-state index contributed by atoms with van der Waals surface area (Å²) in [7, 11) is 0. The number of carbonyl (C=O) groups is 2. The number of esters is 1. The van der Waals surface area contributed by atoms with Gasteiger partial charge in [-0.3, -0.25) is 4.79 Å². The Kier molecular flexibility index (Phi) is 6.98. The number of benzene rings is 1. The Morgan fingerprint density at radius 1 is 1.15 bits per heavy atom. The lowest BCUT2D eigenvalue weighted by Crippen LogP contribution is -2.49. The van der Waals surface area contributed by atoms with Crippen LogP contribution in [0.2, 0.25) is 10.0 Å². The van der Waals surface area contributed by atoms with Gasteiger partial charge in [-0.05, 0) is 50.8 Å². The Labute approximate surface area is 174 Å². The van der Waals surface area contributed by atoms with Crippen molar-refractivity contribution in [1.29, 1.82) is 0 Å². The van der Waals surface area contributed by atoms with Crippen molar-refractivity contribution in [1.82, 2.24) is 4.90 Å². The zero-order valence-corrected chi connectivity index (χ0v) is 17.9. The van der Waals surface area contributed by atoms with E-state index in [1.165, 1.54) is 19.3 Å². The third kappa shape index (κ3) is 4.75. The van der Waals surface area contributed by atoms with Crippen LogP contribution in [-0.2, 0) is 9.53 Å². The Bertz CT molecular complexity index is 706. The fourth-order valence-corrected chi connectivity index (χ4v) is 5.76. The lowest BCUT2D eigenvalue weighted by Gasteiger charge is -2.35. The van der Waals surface area contributed by atoms with Crippen molar-refractivity contribution in [3.63, 3.8) is 0 Å². The number of hydrogen-bond donors (Lipinski definition) is 0. The van der Waals surface area contributed by atoms with Crippen LogP contribution in [0.5, 0.6) is 0 Å². The number of carbonyl (C=O) groups excluding carboxylic acids is 2. The van der Waals surface area contributed by atoms with Crippen LogP contribution >= 0.6 is 35.0 Å². The van der Waals surface area contributed by atoms with Gasteiger partial charge in [0.15, 0.2) is 0 Å². The molecule has 1 amide bonds. The van der Waals surface area contributed by atoms with Gasteiger partial charge in [-0.1, -0.05) is 42.5 Å². The second-order valence-electron chi connectivity index (χ2n) is 7.46. The van der Waals surface area contributed by atoms with Gasteiger partial charge in [0.25, 0.3) is 5.91 Å². The molecular formula is C20H25Cl2NO3S. The Hall–Kier alpha value is -0.910. The van der Waals surface area contributed by atoms with Gasteiger partial charge in [-0.25, -0.2) is 4.79 Å². The fourth-order valence-electron chi connectivity index (χ4n) is 3.84. The molecule has 2 unspecified atom stereocenters. The van der Waals surface area contributed by atoms with Gasteiger partial charge in [0, 0.05) is 11.3 Å². The number of rotatable bonds is 4. The van der Waals surface area contributed by atoms with Gasteiger partial charge >= 0.3 is 5.97 Å². The molecule has 27 heavy (non-hydrogen) atoms. The van der Waals surface area contributed by atoms with Crippen molar-refractivity contribution in [2.75, 3.05) is 5.75 Å². The van der Waals surface area contributed by atoms with Crippen molar-refractivity contribution in [2.45, 2.75) is 63.5 Å². The predicted molar refractivity (Wildman–Crippen MR) is 110 cm³/mol. The van der Waals surface area contributed by atoms with Gasteiger partial charge in [0.2, 0.25) is 0 Å². The van der Waals surface area contributed by atoms with E-state index >= 15 is 0 Å². The summed E-state index contributed by atoms with van der Waals surface area (Å²) in [6.45, 7) is 3.65. The van der Waals surface area contributed by atoms with Crippen molar-refractivity contribution < 1.29 is 14.3 Å². The normalized spacial score (nSPS) is 23.7. The van der Waals surface area contributed by atoms with Crippen molar-refractivity contribution >= 4 is 46.8 Å². The summed E-state index contributed by atoms with van der Waals surface area (Å²) in [4.78, 5) is 27.8. The number of thioether (sulfide) groups is 1. The fraction of sp³-hybridized carbons (Fsp3) is 0.600. The molecule has 1 aliphatic carbocycles. The molecule has 0 bridgehead atoms. The summed E-state index contributed by atoms with van der Waals surface area (Å²) in [5.41, 5.74) is 0.454. The highest BCUT2D eigenvalue weighted by atomic mass is 35.5. The van der Waals surface area contributed by atoms with Crippen LogP contribution in [0.1, 0.15) is 56.3 Å². The van der Waals surface area contributed by atoms with E-state index in [1.54, 1.807) is 34.9 Å². The number of ether oxygens (including phenoxy) is 1. The van der Waals surface area contributed by atoms with Gasteiger partial charge < -0.3 is 9.64 Å². The summed E-state index contributed by atoms with van der Waals surface area (Å²) >= 11 is 13.8. The highest BCUT2D eigenvalue weighted by molar-refractivity contribution is 8.00. The molecule has 1 aromatic carbocycles. The molecule has 0 radical (unpaired) electrons. The Balaban J connectivity index is 1.89. The number of nitrogens with zero attached hydrogens (tertiary/aromatic N) is 1. The van der Waals surface area contributed by atoms with Crippen LogP contribution in [0, 0.1) is 5.92 Å². The molecule has 1 aliphatic heterocycles. The number of amides is 1. The minimum Gasteiger partial charge on any atom is -0.461 e. The van der Waals surface area contributed by atoms with Crippen LogP contribution < -0.4 is 0 Å². The standard InChI is InChI=1S/C20H25Cl2NO3S/c1-12(2)26-20(25)17-11-27-19(13-6-4-3-5-7-13)23(17)18(24)14-8-9-15(21)16(22)10-14/h8-10,12-13,17,19H,3-7,11H2,1-2H3. The molecule has 0 aromatic heterocycles. The predicted octanol–water partition coefficient (Wildman–Crippen LogP) is 5.41. The van der Waals surface area contributed by atoms with Crippen molar-refractivity contribution in [3.05, 3.63) is 33.8 Å². The highest BCUT2D eigenvalue weighted by Crippen LogP contribution is 2.41. The average molecular weight is 430 g/mol. The first kappa shape index (κ1) is 20.8. The molecule has 1 aromatic rings. The summed E-state index contributed by atoms with van der Waals surface area (Å²) in [5.74, 6) is 0.469. The lowest BCUT2D eigenvalue weighted by molar-refractivity contribution is -0.152. The Morgan fingerprint density at radius 2 is 1.85 bits per heavy atom. The van der Waals surface area contributed by atoms with Gasteiger partial charge in [0.1, 0.15) is 6.04 Å². The zero-order chi connectivity index (χ0) is 19.6.